The third-order valence-electron chi connectivity index (χ3n) is 2.19. The SMILES string of the molecule is C=C(C(=O)O)C(F)C(F)(F)C(F)OC(F)(F)C(F)(F)C(F)(F)F. The van der Waals surface area contributed by atoms with Crippen LogP contribution in [0.2, 0.25) is 0 Å². The molecule has 0 rings (SSSR count). The first-order valence-corrected chi connectivity index (χ1v) is 4.97. The third kappa shape index (κ3) is 4.03. The van der Waals surface area contributed by atoms with Gasteiger partial charge in [-0.05, 0) is 0 Å². The second-order valence-corrected chi connectivity index (χ2v) is 3.89. The van der Waals surface area contributed by atoms with Gasteiger partial charge >= 0.3 is 30.1 Å². The maximum Gasteiger partial charge on any atom is 0.462 e. The topological polar surface area (TPSA) is 46.5 Å². The molecule has 14 heteroatoms. The minimum Gasteiger partial charge on any atom is -0.478 e. The maximum absolute atomic E-state index is 13.0. The molecule has 0 aromatic heterocycles. The molecule has 0 bridgehead atoms. The number of hydrogen-bond acceptors (Lipinski definition) is 2. The first kappa shape index (κ1) is 21.4. The van der Waals surface area contributed by atoms with Crippen molar-refractivity contribution < 1.29 is 62.9 Å². The zero-order chi connectivity index (χ0) is 19.0. The van der Waals surface area contributed by atoms with Crippen LogP contribution in [0.25, 0.3) is 0 Å². The molecule has 1 N–H and O–H groups in total. The minimum atomic E-state index is -7.09. The summed E-state index contributed by atoms with van der Waals surface area (Å²) < 4.78 is 139. The van der Waals surface area contributed by atoms with Crippen molar-refractivity contribution >= 4 is 5.97 Å². The molecule has 23 heavy (non-hydrogen) atoms. The van der Waals surface area contributed by atoms with E-state index in [-0.39, 0.29) is 0 Å². The van der Waals surface area contributed by atoms with Gasteiger partial charge in [-0.1, -0.05) is 6.58 Å². The summed E-state index contributed by atoms with van der Waals surface area (Å²) in [5.41, 5.74) is -2.08. The van der Waals surface area contributed by atoms with Crippen molar-refractivity contribution in [2.45, 2.75) is 36.7 Å². The number of halogens is 11. The van der Waals surface area contributed by atoms with Crippen molar-refractivity contribution in [1.82, 2.24) is 0 Å². The van der Waals surface area contributed by atoms with Gasteiger partial charge in [-0.2, -0.15) is 39.5 Å². The smallest absolute Gasteiger partial charge is 0.462 e. The van der Waals surface area contributed by atoms with Gasteiger partial charge in [0.2, 0.25) is 6.17 Å². The van der Waals surface area contributed by atoms with Crippen LogP contribution in [-0.4, -0.2) is 47.7 Å². The van der Waals surface area contributed by atoms with Crippen LogP contribution in [0.3, 0.4) is 0 Å². The zero-order valence-corrected chi connectivity index (χ0v) is 10.3. The fourth-order valence-electron chi connectivity index (χ4n) is 0.903. The van der Waals surface area contributed by atoms with Gasteiger partial charge in [0.25, 0.3) is 6.36 Å². The lowest BCUT2D eigenvalue weighted by Gasteiger charge is -2.31. The summed E-state index contributed by atoms with van der Waals surface area (Å²) in [6.45, 7) is 2.19. The van der Waals surface area contributed by atoms with Crippen molar-refractivity contribution in [3.8, 4) is 0 Å². The second-order valence-electron chi connectivity index (χ2n) is 3.89. The molecule has 3 nitrogen and oxygen atoms in total. The average Bonchev–Trinajstić information content (AvgIpc) is 2.34. The van der Waals surface area contributed by atoms with E-state index < -0.39 is 48.2 Å². The highest BCUT2D eigenvalue weighted by Crippen LogP contribution is 2.49. The quantitative estimate of drug-likeness (QED) is 0.549. The molecule has 0 radical (unpaired) electrons. The van der Waals surface area contributed by atoms with Gasteiger partial charge in [0.05, 0.1) is 5.57 Å². The predicted molar refractivity (Wildman–Crippen MR) is 48.5 cm³/mol. The van der Waals surface area contributed by atoms with Crippen molar-refractivity contribution in [3.63, 3.8) is 0 Å². The van der Waals surface area contributed by atoms with E-state index in [1.54, 1.807) is 0 Å². The summed E-state index contributed by atoms with van der Waals surface area (Å²) in [5.74, 6) is -15.4. The van der Waals surface area contributed by atoms with Gasteiger partial charge in [0.1, 0.15) is 0 Å². The van der Waals surface area contributed by atoms with Crippen LogP contribution >= 0.6 is 0 Å². The highest BCUT2D eigenvalue weighted by molar-refractivity contribution is 5.87. The number of rotatable bonds is 7. The lowest BCUT2D eigenvalue weighted by molar-refractivity contribution is -0.451. The number of aliphatic carboxylic acids is 1. The Bertz CT molecular complexity index is 470. The number of hydrogen-bond donors (Lipinski definition) is 1. The van der Waals surface area contributed by atoms with E-state index in [0.717, 1.165) is 0 Å². The van der Waals surface area contributed by atoms with E-state index >= 15 is 0 Å². The molecule has 0 aliphatic heterocycles. The number of alkyl halides is 11. The van der Waals surface area contributed by atoms with E-state index in [1.807, 2.05) is 0 Å². The molecule has 0 amide bonds. The highest BCUT2D eigenvalue weighted by atomic mass is 19.4. The van der Waals surface area contributed by atoms with E-state index in [9.17, 15) is 53.1 Å². The summed E-state index contributed by atoms with van der Waals surface area (Å²) in [4.78, 5) is 10.1. The number of carbonyl (C=O) groups is 1. The monoisotopic (exact) mass is 370 g/mol. The molecule has 0 aliphatic carbocycles. The molecule has 0 fully saturated rings. The fraction of sp³-hybridized carbons (Fsp3) is 0.667. The van der Waals surface area contributed by atoms with Crippen molar-refractivity contribution in [2.75, 3.05) is 0 Å². The number of carboxylic acid groups (broad SMARTS) is 1. The van der Waals surface area contributed by atoms with Crippen molar-refractivity contribution in [1.29, 1.82) is 0 Å². The molecule has 0 spiro atoms. The van der Waals surface area contributed by atoms with Crippen LogP contribution in [0.1, 0.15) is 0 Å². The largest absolute Gasteiger partial charge is 0.478 e. The van der Waals surface area contributed by atoms with Crippen LogP contribution in [0.15, 0.2) is 12.2 Å². The lowest BCUT2D eigenvalue weighted by Crippen LogP contribution is -2.57. The van der Waals surface area contributed by atoms with E-state index in [0.29, 0.717) is 0 Å². The predicted octanol–water partition coefficient (Wildman–Crippen LogP) is 3.70. The fourth-order valence-corrected chi connectivity index (χ4v) is 0.903. The Kier molecular flexibility index (Phi) is 5.70. The molecule has 0 aliphatic rings. The van der Waals surface area contributed by atoms with Crippen LogP contribution in [0, 0.1) is 0 Å². The van der Waals surface area contributed by atoms with Gasteiger partial charge in [-0.25, -0.2) is 13.6 Å². The maximum atomic E-state index is 13.0. The Morgan fingerprint density at radius 3 is 1.65 bits per heavy atom. The Morgan fingerprint density at radius 2 is 1.35 bits per heavy atom. The van der Waals surface area contributed by atoms with E-state index in [4.69, 9.17) is 5.11 Å². The summed E-state index contributed by atoms with van der Waals surface area (Å²) in [6.07, 6.45) is -23.1. The molecular weight excluding hydrogens is 365 g/mol. The Hall–Kier alpha value is -1.60. The summed E-state index contributed by atoms with van der Waals surface area (Å²) >= 11 is 0. The molecule has 0 saturated heterocycles. The molecule has 0 aromatic rings. The average molecular weight is 370 g/mol. The van der Waals surface area contributed by atoms with E-state index in [1.165, 1.54) is 0 Å². The van der Waals surface area contributed by atoms with Gasteiger partial charge in [0, 0.05) is 0 Å². The molecule has 2 unspecified atom stereocenters. The zero-order valence-electron chi connectivity index (χ0n) is 10.3. The summed E-state index contributed by atoms with van der Waals surface area (Å²) in [5, 5.41) is 8.11. The summed E-state index contributed by atoms with van der Waals surface area (Å²) in [6, 6.07) is 0. The van der Waals surface area contributed by atoms with Crippen LogP contribution in [0.5, 0.6) is 0 Å². The lowest BCUT2D eigenvalue weighted by atomic mass is 10.1. The molecule has 0 heterocycles. The van der Waals surface area contributed by atoms with Crippen molar-refractivity contribution in [3.05, 3.63) is 12.2 Å². The molecule has 2 atom stereocenters. The first-order chi connectivity index (χ1) is 9.89. The molecule has 136 valence electrons. The standard InChI is InChI=1S/C9H5F11O3/c1-2(4(21)22)3(10)6(12,13)5(11)23-9(19,20)7(14,15)8(16,17)18/h3,5H,1H2,(H,21,22). The van der Waals surface area contributed by atoms with Crippen LogP contribution < -0.4 is 0 Å². The van der Waals surface area contributed by atoms with Gasteiger partial charge in [-0.3, -0.25) is 4.74 Å². The minimum absolute atomic E-state index is 2.05. The summed E-state index contributed by atoms with van der Waals surface area (Å²) in [7, 11) is 0. The molecule has 0 saturated carbocycles. The second kappa shape index (κ2) is 6.13. The number of ether oxygens (including phenoxy) is 1. The first-order valence-electron chi connectivity index (χ1n) is 4.97. The Balaban J connectivity index is 5.44. The van der Waals surface area contributed by atoms with Gasteiger partial charge < -0.3 is 5.11 Å². The Morgan fingerprint density at radius 1 is 0.957 bits per heavy atom. The molecule has 0 aromatic carbocycles. The van der Waals surface area contributed by atoms with Gasteiger partial charge in [-0.15, -0.1) is 0 Å². The van der Waals surface area contributed by atoms with E-state index in [2.05, 4.69) is 11.3 Å². The van der Waals surface area contributed by atoms with Crippen molar-refractivity contribution in [2.24, 2.45) is 0 Å². The van der Waals surface area contributed by atoms with Gasteiger partial charge in [0.15, 0.2) is 0 Å². The molecular formula is C9H5F11O3. The number of carboxylic acids is 1. The highest BCUT2D eigenvalue weighted by Gasteiger charge is 2.76. The third-order valence-corrected chi connectivity index (χ3v) is 2.19. The van der Waals surface area contributed by atoms with Crippen LogP contribution in [-0.2, 0) is 9.53 Å². The Labute approximate surface area is 119 Å². The van der Waals surface area contributed by atoms with Crippen LogP contribution in [0.4, 0.5) is 48.3 Å². The normalized spacial score (nSPS) is 16.8.